The van der Waals surface area contributed by atoms with Crippen LogP contribution in [0.25, 0.3) is 0 Å². The minimum Gasteiger partial charge on any atom is -0.412 e. The van der Waals surface area contributed by atoms with Crippen LogP contribution in [0.3, 0.4) is 0 Å². The summed E-state index contributed by atoms with van der Waals surface area (Å²) in [5.41, 5.74) is 0. The lowest BCUT2D eigenvalue weighted by Crippen LogP contribution is -1.47. The molecule has 0 fully saturated rings. The number of unbranched alkanes of at least 4 members (excludes halogenated alkanes) is 1. The van der Waals surface area contributed by atoms with Crippen molar-refractivity contribution in [1.29, 1.82) is 0 Å². The summed E-state index contributed by atoms with van der Waals surface area (Å²) in [7, 11) is 0. The second-order valence-corrected chi connectivity index (χ2v) is 1.000. The highest BCUT2D eigenvalue weighted by atomic mass is 16.0. The molecule has 0 radical (unpaired) electrons. The molecule has 0 aromatic carbocycles. The van der Waals surface area contributed by atoms with Gasteiger partial charge in [-0.2, -0.15) is 0 Å². The molecule has 0 heterocycles. The maximum absolute atomic E-state index is 2.18. The van der Waals surface area contributed by atoms with Gasteiger partial charge < -0.3 is 23.3 Å². The molecule has 0 spiro atoms. The van der Waals surface area contributed by atoms with E-state index < -0.39 is 0 Å². The highest BCUT2D eigenvalue weighted by Crippen LogP contribution is 1.76. The van der Waals surface area contributed by atoms with E-state index in [4.69, 9.17) is 0 Å². The summed E-state index contributed by atoms with van der Waals surface area (Å²) in [5.74, 6) is 0. The topological polar surface area (TPSA) is 133 Å². The van der Waals surface area contributed by atoms with Crippen LogP contribution < -0.4 is 12.3 Å². The molecule has 0 aromatic heterocycles. The SMILES string of the molecule is CCCC.N.N.O.O. The van der Waals surface area contributed by atoms with E-state index in [9.17, 15) is 0 Å². The monoisotopic (exact) mass is 128 g/mol. The van der Waals surface area contributed by atoms with Crippen molar-refractivity contribution in [2.45, 2.75) is 26.7 Å². The summed E-state index contributed by atoms with van der Waals surface area (Å²) in [6, 6.07) is 0. The lowest BCUT2D eigenvalue weighted by molar-refractivity contribution is 0.823. The molecule has 0 aliphatic heterocycles. The molecule has 0 unspecified atom stereocenters. The maximum Gasteiger partial charge on any atom is -0.0564 e. The van der Waals surface area contributed by atoms with Crippen molar-refractivity contribution in [3.8, 4) is 0 Å². The third-order valence-corrected chi connectivity index (χ3v) is 0.500. The Labute approximate surface area is 51.1 Å². The number of rotatable bonds is 1. The summed E-state index contributed by atoms with van der Waals surface area (Å²) in [6.07, 6.45) is 2.64. The predicted octanol–water partition coefficient (Wildman–Crippen LogP) is 0.481. The molecule has 4 nitrogen and oxygen atoms in total. The zero-order chi connectivity index (χ0) is 3.41. The predicted molar refractivity (Wildman–Crippen MR) is 37.9 cm³/mol. The van der Waals surface area contributed by atoms with Gasteiger partial charge in [0.05, 0.1) is 0 Å². The van der Waals surface area contributed by atoms with Crippen molar-refractivity contribution >= 4 is 0 Å². The van der Waals surface area contributed by atoms with Crippen LogP contribution in [0.2, 0.25) is 0 Å². The highest BCUT2D eigenvalue weighted by molar-refractivity contribution is 4.12. The molecule has 0 atom stereocenters. The Morgan fingerprint density at radius 3 is 0.875 bits per heavy atom. The van der Waals surface area contributed by atoms with E-state index in [1.54, 1.807) is 0 Å². The average Bonchev–Trinajstić information content (AvgIpc) is 1.37. The molecule has 10 N–H and O–H groups in total. The second-order valence-electron chi connectivity index (χ2n) is 1.000. The van der Waals surface area contributed by atoms with Crippen molar-refractivity contribution in [1.82, 2.24) is 12.3 Å². The third kappa shape index (κ3) is 194. The quantitative estimate of drug-likeness (QED) is 0.531. The van der Waals surface area contributed by atoms with E-state index >= 15 is 0 Å². The Morgan fingerprint density at radius 1 is 0.750 bits per heavy atom. The normalized spacial score (nSPS) is 3.75. The molecular weight excluding hydrogens is 108 g/mol. The molecule has 0 aromatic rings. The molecule has 0 aliphatic rings. The minimum atomic E-state index is 0. The van der Waals surface area contributed by atoms with Gasteiger partial charge >= 0.3 is 0 Å². The van der Waals surface area contributed by atoms with Crippen LogP contribution in [0.15, 0.2) is 0 Å². The summed E-state index contributed by atoms with van der Waals surface area (Å²) >= 11 is 0. The zero-order valence-corrected chi connectivity index (χ0v) is 5.83. The first-order valence-electron chi connectivity index (χ1n) is 1.91. The van der Waals surface area contributed by atoms with E-state index in [1.165, 1.54) is 12.8 Å². The third-order valence-electron chi connectivity index (χ3n) is 0.500. The Bertz CT molecular complexity index is 14.0. The number of hydrogen-bond donors (Lipinski definition) is 2. The van der Waals surface area contributed by atoms with Gasteiger partial charge in [0.2, 0.25) is 0 Å². The van der Waals surface area contributed by atoms with Gasteiger partial charge in [0.25, 0.3) is 0 Å². The lowest BCUT2D eigenvalue weighted by atomic mass is 10.4. The Hall–Kier alpha value is -0.160. The first-order valence-corrected chi connectivity index (χ1v) is 1.91. The molecule has 0 saturated heterocycles. The van der Waals surface area contributed by atoms with Gasteiger partial charge in [-0.05, 0) is 0 Å². The molecule has 4 heteroatoms. The molecule has 0 amide bonds. The Kier molecular flexibility index (Phi) is 392. The van der Waals surface area contributed by atoms with Crippen LogP contribution >= 0.6 is 0 Å². The summed E-state index contributed by atoms with van der Waals surface area (Å²) < 4.78 is 0. The lowest BCUT2D eigenvalue weighted by Gasteiger charge is -1.68. The summed E-state index contributed by atoms with van der Waals surface area (Å²) in [4.78, 5) is 0. The molecule has 0 aliphatic carbocycles. The average molecular weight is 128 g/mol. The van der Waals surface area contributed by atoms with E-state index in [1.807, 2.05) is 0 Å². The largest absolute Gasteiger partial charge is 0.412 e. The van der Waals surface area contributed by atoms with E-state index in [0.29, 0.717) is 0 Å². The van der Waals surface area contributed by atoms with Crippen LogP contribution in [-0.2, 0) is 0 Å². The van der Waals surface area contributed by atoms with Gasteiger partial charge in [0.15, 0.2) is 0 Å². The van der Waals surface area contributed by atoms with Crippen LogP contribution in [0.5, 0.6) is 0 Å². The standard InChI is InChI=1S/C4H10.2H3N.2H2O/c1-3-4-2;;;;/h3-4H2,1-2H3;2*1H3;2*1H2. The van der Waals surface area contributed by atoms with Crippen LogP contribution in [0, 0.1) is 0 Å². The Balaban J connectivity index is -0.00000000750. The summed E-state index contributed by atoms with van der Waals surface area (Å²) in [6.45, 7) is 4.36. The maximum atomic E-state index is 2.18. The number of hydrogen-bond acceptors (Lipinski definition) is 2. The second kappa shape index (κ2) is 68.9. The van der Waals surface area contributed by atoms with E-state index in [2.05, 4.69) is 13.8 Å². The van der Waals surface area contributed by atoms with Crippen molar-refractivity contribution in [2.75, 3.05) is 0 Å². The Morgan fingerprint density at radius 2 is 0.875 bits per heavy atom. The van der Waals surface area contributed by atoms with Gasteiger partial charge in [0.1, 0.15) is 0 Å². The molecule has 0 bridgehead atoms. The van der Waals surface area contributed by atoms with Crippen LogP contribution in [0.4, 0.5) is 0 Å². The van der Waals surface area contributed by atoms with E-state index in [0.717, 1.165) is 0 Å². The van der Waals surface area contributed by atoms with E-state index in [-0.39, 0.29) is 23.3 Å². The highest BCUT2D eigenvalue weighted by Gasteiger charge is 1.56. The fourth-order valence-corrected chi connectivity index (χ4v) is 0. The summed E-state index contributed by atoms with van der Waals surface area (Å²) in [5, 5.41) is 0. The van der Waals surface area contributed by atoms with Crippen molar-refractivity contribution in [2.24, 2.45) is 0 Å². The van der Waals surface area contributed by atoms with Crippen LogP contribution in [0.1, 0.15) is 26.7 Å². The van der Waals surface area contributed by atoms with Gasteiger partial charge in [0, 0.05) is 0 Å². The molecular formula is C4H20N2O2. The fraction of sp³-hybridized carbons (Fsp3) is 1.00. The van der Waals surface area contributed by atoms with Crippen LogP contribution in [-0.4, -0.2) is 11.0 Å². The first kappa shape index (κ1) is 45.5. The first-order chi connectivity index (χ1) is 1.91. The van der Waals surface area contributed by atoms with Crippen molar-refractivity contribution < 1.29 is 11.0 Å². The van der Waals surface area contributed by atoms with Gasteiger partial charge in [-0.25, -0.2) is 0 Å². The fourth-order valence-electron chi connectivity index (χ4n) is 0. The molecule has 58 valence electrons. The van der Waals surface area contributed by atoms with Crippen molar-refractivity contribution in [3.63, 3.8) is 0 Å². The smallest absolute Gasteiger partial charge is 0.0564 e. The minimum absolute atomic E-state index is 0. The van der Waals surface area contributed by atoms with Crippen molar-refractivity contribution in [3.05, 3.63) is 0 Å². The molecule has 0 rings (SSSR count). The van der Waals surface area contributed by atoms with Gasteiger partial charge in [-0.3, -0.25) is 0 Å². The zero-order valence-electron chi connectivity index (χ0n) is 5.83. The molecule has 0 saturated carbocycles. The van der Waals surface area contributed by atoms with Gasteiger partial charge in [-0.15, -0.1) is 0 Å². The van der Waals surface area contributed by atoms with Gasteiger partial charge in [-0.1, -0.05) is 26.7 Å². The molecule has 8 heavy (non-hydrogen) atoms.